The molecule has 4 heteroatoms. The predicted octanol–water partition coefficient (Wildman–Crippen LogP) is 2.73. The van der Waals surface area contributed by atoms with Crippen LogP contribution in [0.25, 0.3) is 0 Å². The van der Waals surface area contributed by atoms with Crippen LogP contribution in [0.4, 0.5) is 5.13 Å². The molecule has 1 heterocycles. The summed E-state index contributed by atoms with van der Waals surface area (Å²) in [4.78, 5) is 8.87. The van der Waals surface area contributed by atoms with Gasteiger partial charge in [-0.05, 0) is 46.1 Å². The van der Waals surface area contributed by atoms with Gasteiger partial charge in [0.2, 0.25) is 0 Å². The number of nitrogens with one attached hydrogen (secondary N) is 1. The standard InChI is InChI=1S/C13H21N3S/c1-3-16(9-7-8-9)13-15-11-6-4-5-10(14-2)12(11)17-13/h9-10,14H,3-8H2,1-2H3. The molecular formula is C13H21N3S. The van der Waals surface area contributed by atoms with E-state index in [1.54, 1.807) is 0 Å². The van der Waals surface area contributed by atoms with Crippen LogP contribution >= 0.6 is 11.3 Å². The molecule has 0 radical (unpaired) electrons. The Labute approximate surface area is 107 Å². The lowest BCUT2D eigenvalue weighted by atomic mass is 9.98. The predicted molar refractivity (Wildman–Crippen MR) is 72.9 cm³/mol. The first-order valence-corrected chi connectivity index (χ1v) is 7.58. The maximum Gasteiger partial charge on any atom is 0.186 e. The third-order valence-electron chi connectivity index (χ3n) is 3.86. The van der Waals surface area contributed by atoms with Gasteiger partial charge in [0.1, 0.15) is 0 Å². The highest BCUT2D eigenvalue weighted by atomic mass is 32.1. The first kappa shape index (κ1) is 11.5. The number of aromatic nitrogens is 1. The van der Waals surface area contributed by atoms with Crippen molar-refractivity contribution in [1.82, 2.24) is 10.3 Å². The Morgan fingerprint density at radius 2 is 2.24 bits per heavy atom. The van der Waals surface area contributed by atoms with Gasteiger partial charge in [-0.3, -0.25) is 0 Å². The average Bonchev–Trinajstić information content (AvgIpc) is 3.08. The first-order valence-electron chi connectivity index (χ1n) is 6.77. The molecule has 3 rings (SSSR count). The minimum absolute atomic E-state index is 0.544. The molecule has 0 aromatic carbocycles. The lowest BCUT2D eigenvalue weighted by Gasteiger charge is -2.20. The van der Waals surface area contributed by atoms with Crippen molar-refractivity contribution >= 4 is 16.5 Å². The number of hydrogen-bond acceptors (Lipinski definition) is 4. The molecule has 0 amide bonds. The first-order chi connectivity index (χ1) is 8.33. The van der Waals surface area contributed by atoms with Crippen molar-refractivity contribution < 1.29 is 0 Å². The van der Waals surface area contributed by atoms with Gasteiger partial charge in [-0.15, -0.1) is 0 Å². The van der Waals surface area contributed by atoms with Crippen molar-refractivity contribution in [3.63, 3.8) is 0 Å². The second-order valence-electron chi connectivity index (χ2n) is 5.06. The average molecular weight is 251 g/mol. The van der Waals surface area contributed by atoms with Crippen LogP contribution in [0.15, 0.2) is 0 Å². The van der Waals surface area contributed by atoms with Crippen LogP contribution in [0.1, 0.15) is 49.2 Å². The Bertz CT molecular complexity index is 397. The van der Waals surface area contributed by atoms with Crippen molar-refractivity contribution in [2.45, 2.75) is 51.1 Å². The molecule has 2 aliphatic rings. The Morgan fingerprint density at radius 3 is 2.88 bits per heavy atom. The van der Waals surface area contributed by atoms with Crippen LogP contribution in [0, 0.1) is 0 Å². The molecular weight excluding hydrogens is 230 g/mol. The monoisotopic (exact) mass is 251 g/mol. The van der Waals surface area contributed by atoms with E-state index in [1.807, 2.05) is 11.3 Å². The summed E-state index contributed by atoms with van der Waals surface area (Å²) in [5.74, 6) is 0. The molecule has 3 nitrogen and oxygen atoms in total. The van der Waals surface area contributed by atoms with Crippen molar-refractivity contribution in [3.05, 3.63) is 10.6 Å². The SMILES string of the molecule is CCN(c1nc2c(s1)C(NC)CCC2)C1CC1. The summed E-state index contributed by atoms with van der Waals surface area (Å²) < 4.78 is 0. The topological polar surface area (TPSA) is 28.2 Å². The van der Waals surface area contributed by atoms with Gasteiger partial charge in [0, 0.05) is 23.5 Å². The van der Waals surface area contributed by atoms with Crippen LogP contribution in [0.5, 0.6) is 0 Å². The van der Waals surface area contributed by atoms with Crippen LogP contribution in [-0.2, 0) is 6.42 Å². The number of fused-ring (bicyclic) bond motifs is 1. The van der Waals surface area contributed by atoms with E-state index in [1.165, 1.54) is 47.8 Å². The van der Waals surface area contributed by atoms with Gasteiger partial charge in [-0.1, -0.05) is 11.3 Å². The summed E-state index contributed by atoms with van der Waals surface area (Å²) in [7, 11) is 2.07. The summed E-state index contributed by atoms with van der Waals surface area (Å²) in [6.45, 7) is 3.34. The third-order valence-corrected chi connectivity index (χ3v) is 5.11. The molecule has 0 aliphatic heterocycles. The van der Waals surface area contributed by atoms with E-state index in [0.29, 0.717) is 6.04 Å². The Morgan fingerprint density at radius 1 is 1.41 bits per heavy atom. The highest BCUT2D eigenvalue weighted by molar-refractivity contribution is 7.15. The number of aryl methyl sites for hydroxylation is 1. The summed E-state index contributed by atoms with van der Waals surface area (Å²) in [6.07, 6.45) is 6.42. The highest BCUT2D eigenvalue weighted by Gasteiger charge is 2.32. The van der Waals surface area contributed by atoms with Gasteiger partial charge in [0.05, 0.1) is 5.69 Å². The zero-order valence-electron chi connectivity index (χ0n) is 10.7. The van der Waals surface area contributed by atoms with E-state index in [2.05, 4.69) is 24.2 Å². The van der Waals surface area contributed by atoms with Gasteiger partial charge >= 0.3 is 0 Å². The molecule has 0 spiro atoms. The number of hydrogen-bond donors (Lipinski definition) is 1. The molecule has 2 aliphatic carbocycles. The van der Waals surface area contributed by atoms with Crippen LogP contribution in [0.2, 0.25) is 0 Å². The third kappa shape index (κ3) is 2.08. The second kappa shape index (κ2) is 4.58. The summed E-state index contributed by atoms with van der Waals surface area (Å²) in [6, 6.07) is 1.32. The fraction of sp³-hybridized carbons (Fsp3) is 0.769. The van der Waals surface area contributed by atoms with Gasteiger partial charge < -0.3 is 10.2 Å². The fourth-order valence-corrected chi connectivity index (χ4v) is 4.13. The highest BCUT2D eigenvalue weighted by Crippen LogP contribution is 2.40. The maximum atomic E-state index is 4.89. The molecule has 1 aromatic heterocycles. The van der Waals surface area contributed by atoms with E-state index in [4.69, 9.17) is 4.98 Å². The zero-order chi connectivity index (χ0) is 11.8. The molecule has 1 N–H and O–H groups in total. The fourth-order valence-electron chi connectivity index (χ4n) is 2.74. The van der Waals surface area contributed by atoms with Crippen molar-refractivity contribution in [3.8, 4) is 0 Å². The van der Waals surface area contributed by atoms with Gasteiger partial charge in [0.25, 0.3) is 0 Å². The number of nitrogens with zero attached hydrogens (tertiary/aromatic N) is 2. The van der Waals surface area contributed by atoms with E-state index in [-0.39, 0.29) is 0 Å². The summed E-state index contributed by atoms with van der Waals surface area (Å²) in [5, 5.41) is 4.69. The van der Waals surface area contributed by atoms with Gasteiger partial charge in [0.15, 0.2) is 5.13 Å². The Kier molecular flexibility index (Phi) is 3.09. The minimum atomic E-state index is 0.544. The number of thiazole rings is 1. The van der Waals surface area contributed by atoms with E-state index < -0.39 is 0 Å². The van der Waals surface area contributed by atoms with E-state index in [0.717, 1.165) is 12.6 Å². The van der Waals surface area contributed by atoms with Crippen LogP contribution in [-0.4, -0.2) is 24.6 Å². The van der Waals surface area contributed by atoms with Crippen molar-refractivity contribution in [2.24, 2.45) is 0 Å². The molecule has 94 valence electrons. The zero-order valence-corrected chi connectivity index (χ0v) is 11.5. The second-order valence-corrected chi connectivity index (χ2v) is 6.07. The molecule has 1 fully saturated rings. The molecule has 1 saturated carbocycles. The summed E-state index contributed by atoms with van der Waals surface area (Å²) in [5.41, 5.74) is 1.36. The quantitative estimate of drug-likeness (QED) is 0.892. The lowest BCUT2D eigenvalue weighted by Crippen LogP contribution is -2.24. The number of rotatable bonds is 4. The Hall–Kier alpha value is -0.610. The van der Waals surface area contributed by atoms with Gasteiger partial charge in [-0.2, -0.15) is 0 Å². The normalized spacial score (nSPS) is 23.5. The molecule has 17 heavy (non-hydrogen) atoms. The van der Waals surface area contributed by atoms with E-state index >= 15 is 0 Å². The van der Waals surface area contributed by atoms with E-state index in [9.17, 15) is 0 Å². The molecule has 1 atom stereocenters. The minimum Gasteiger partial charge on any atom is -0.345 e. The van der Waals surface area contributed by atoms with Crippen molar-refractivity contribution in [1.29, 1.82) is 0 Å². The molecule has 0 bridgehead atoms. The largest absolute Gasteiger partial charge is 0.345 e. The van der Waals surface area contributed by atoms with Crippen LogP contribution in [0.3, 0.4) is 0 Å². The summed E-state index contributed by atoms with van der Waals surface area (Å²) >= 11 is 1.92. The molecule has 0 saturated heterocycles. The Balaban J connectivity index is 1.89. The van der Waals surface area contributed by atoms with Gasteiger partial charge in [-0.25, -0.2) is 4.98 Å². The maximum absolute atomic E-state index is 4.89. The lowest BCUT2D eigenvalue weighted by molar-refractivity contribution is 0.501. The molecule has 1 unspecified atom stereocenters. The van der Waals surface area contributed by atoms with Crippen LogP contribution < -0.4 is 10.2 Å². The number of anilines is 1. The van der Waals surface area contributed by atoms with Crippen molar-refractivity contribution in [2.75, 3.05) is 18.5 Å². The molecule has 1 aromatic rings. The smallest absolute Gasteiger partial charge is 0.186 e.